The van der Waals surface area contributed by atoms with E-state index in [0.29, 0.717) is 22.2 Å². The van der Waals surface area contributed by atoms with Crippen molar-refractivity contribution < 1.29 is 0 Å². The van der Waals surface area contributed by atoms with Gasteiger partial charge in [-0.15, -0.1) is 11.3 Å². The van der Waals surface area contributed by atoms with Crippen LogP contribution in [-0.4, -0.2) is 9.55 Å². The van der Waals surface area contributed by atoms with Crippen LogP contribution in [0, 0.1) is 5.92 Å². The highest BCUT2D eigenvalue weighted by molar-refractivity contribution is 7.17. The van der Waals surface area contributed by atoms with Gasteiger partial charge in [-0.3, -0.25) is 9.36 Å². The molecule has 2 aromatic heterocycles. The van der Waals surface area contributed by atoms with Crippen molar-refractivity contribution >= 4 is 33.2 Å². The first-order valence-electron chi connectivity index (χ1n) is 6.79. The van der Waals surface area contributed by atoms with Crippen LogP contribution in [0.25, 0.3) is 21.3 Å². The molecule has 0 spiro atoms. The average Bonchev–Trinajstić information content (AvgIpc) is 2.86. The Bertz CT molecular complexity index is 851. The van der Waals surface area contributed by atoms with Gasteiger partial charge in [-0.2, -0.15) is 0 Å². The summed E-state index contributed by atoms with van der Waals surface area (Å²) < 4.78 is 2.39. The second-order valence-electron chi connectivity index (χ2n) is 5.43. The minimum atomic E-state index is 0.0342. The monoisotopic (exact) mass is 318 g/mol. The minimum absolute atomic E-state index is 0.0342. The van der Waals surface area contributed by atoms with Crippen molar-refractivity contribution in [2.24, 2.45) is 5.92 Å². The topological polar surface area (TPSA) is 34.9 Å². The van der Waals surface area contributed by atoms with Gasteiger partial charge in [0.2, 0.25) is 0 Å². The smallest absolute Gasteiger partial charge is 0.271 e. The van der Waals surface area contributed by atoms with Crippen molar-refractivity contribution in [2.75, 3.05) is 0 Å². The maximum absolute atomic E-state index is 12.5. The van der Waals surface area contributed by atoms with Crippen molar-refractivity contribution in [2.45, 2.75) is 20.4 Å². The van der Waals surface area contributed by atoms with Gasteiger partial charge in [-0.05, 0) is 23.6 Å². The van der Waals surface area contributed by atoms with E-state index in [1.807, 2.05) is 29.6 Å². The Morgan fingerprint density at radius 2 is 2.19 bits per heavy atom. The Balaban J connectivity index is 2.16. The van der Waals surface area contributed by atoms with E-state index in [9.17, 15) is 4.79 Å². The van der Waals surface area contributed by atoms with Gasteiger partial charge in [-0.25, -0.2) is 4.98 Å². The molecule has 2 heterocycles. The molecule has 0 N–H and O–H groups in total. The second kappa shape index (κ2) is 5.62. The zero-order chi connectivity index (χ0) is 15.0. The van der Waals surface area contributed by atoms with Gasteiger partial charge in [0, 0.05) is 22.5 Å². The summed E-state index contributed by atoms with van der Waals surface area (Å²) in [4.78, 5) is 17.0. The summed E-state index contributed by atoms with van der Waals surface area (Å²) in [7, 11) is 0. The lowest BCUT2D eigenvalue weighted by molar-refractivity contribution is 0.509. The summed E-state index contributed by atoms with van der Waals surface area (Å²) in [6.07, 6.45) is 1.64. The van der Waals surface area contributed by atoms with Crippen LogP contribution in [0.4, 0.5) is 0 Å². The van der Waals surface area contributed by atoms with Crippen LogP contribution in [0.3, 0.4) is 0 Å². The number of fused-ring (bicyclic) bond motifs is 1. The third-order valence-corrected chi connectivity index (χ3v) is 4.44. The predicted molar refractivity (Wildman–Crippen MR) is 89.2 cm³/mol. The third kappa shape index (κ3) is 2.74. The van der Waals surface area contributed by atoms with Gasteiger partial charge < -0.3 is 0 Å². The number of aromatic nitrogens is 2. The molecule has 0 saturated heterocycles. The molecule has 0 bridgehead atoms. The van der Waals surface area contributed by atoms with Crippen LogP contribution in [0.15, 0.2) is 40.8 Å². The number of nitrogens with zero attached hydrogens (tertiary/aromatic N) is 2. The van der Waals surface area contributed by atoms with Crippen molar-refractivity contribution in [1.82, 2.24) is 9.55 Å². The first-order valence-corrected chi connectivity index (χ1v) is 8.04. The van der Waals surface area contributed by atoms with Crippen molar-refractivity contribution in [3.8, 4) is 11.1 Å². The highest BCUT2D eigenvalue weighted by atomic mass is 35.5. The minimum Gasteiger partial charge on any atom is -0.298 e. The van der Waals surface area contributed by atoms with Crippen LogP contribution < -0.4 is 5.56 Å². The van der Waals surface area contributed by atoms with E-state index in [2.05, 4.69) is 18.8 Å². The van der Waals surface area contributed by atoms with Gasteiger partial charge in [-0.1, -0.05) is 37.6 Å². The molecule has 21 heavy (non-hydrogen) atoms. The van der Waals surface area contributed by atoms with Crippen LogP contribution in [0.2, 0.25) is 5.02 Å². The molecule has 0 radical (unpaired) electrons. The average molecular weight is 319 g/mol. The highest BCUT2D eigenvalue weighted by Crippen LogP contribution is 2.31. The van der Waals surface area contributed by atoms with E-state index >= 15 is 0 Å². The van der Waals surface area contributed by atoms with Gasteiger partial charge in [0.05, 0.1) is 11.8 Å². The molecule has 3 aromatic rings. The molecule has 0 aliphatic carbocycles. The molecule has 108 valence electrons. The predicted octanol–water partition coefficient (Wildman–Crippen LogP) is 4.43. The van der Waals surface area contributed by atoms with Crippen LogP contribution in [0.1, 0.15) is 13.8 Å². The Kier molecular flexibility index (Phi) is 3.83. The number of rotatable bonds is 3. The summed E-state index contributed by atoms with van der Waals surface area (Å²) >= 11 is 7.49. The summed E-state index contributed by atoms with van der Waals surface area (Å²) in [6, 6.07) is 7.61. The van der Waals surface area contributed by atoms with Gasteiger partial charge in [0.15, 0.2) is 0 Å². The molecule has 0 fully saturated rings. The van der Waals surface area contributed by atoms with Crippen molar-refractivity contribution in [3.63, 3.8) is 0 Å². The fourth-order valence-corrected chi connectivity index (χ4v) is 3.49. The maximum atomic E-state index is 12.5. The standard InChI is InChI=1S/C16H15ClN2OS/c1-10(2)7-19-9-18-14-13(8-21-15(14)16(19)20)11-4-3-5-12(17)6-11/h3-6,8-10H,7H2,1-2H3. The van der Waals surface area contributed by atoms with Crippen LogP contribution in [-0.2, 0) is 6.54 Å². The molecule has 3 nitrogen and oxygen atoms in total. The summed E-state index contributed by atoms with van der Waals surface area (Å²) in [5.41, 5.74) is 2.74. The van der Waals surface area contributed by atoms with Crippen LogP contribution in [0.5, 0.6) is 0 Å². The van der Waals surface area contributed by atoms with Gasteiger partial charge in [0.25, 0.3) is 5.56 Å². The van der Waals surface area contributed by atoms with Gasteiger partial charge >= 0.3 is 0 Å². The molecule has 0 aliphatic rings. The van der Waals surface area contributed by atoms with Crippen molar-refractivity contribution in [1.29, 1.82) is 0 Å². The zero-order valence-corrected chi connectivity index (χ0v) is 13.4. The molecular formula is C16H15ClN2OS. The SMILES string of the molecule is CC(C)Cn1cnc2c(-c3cccc(Cl)c3)csc2c1=O. The van der Waals surface area contributed by atoms with E-state index in [1.54, 1.807) is 10.9 Å². The summed E-state index contributed by atoms with van der Waals surface area (Å²) in [6.45, 7) is 4.86. The van der Waals surface area contributed by atoms with E-state index in [1.165, 1.54) is 11.3 Å². The molecule has 1 aromatic carbocycles. The first kappa shape index (κ1) is 14.3. The van der Waals surface area contributed by atoms with E-state index in [-0.39, 0.29) is 5.56 Å². The highest BCUT2D eigenvalue weighted by Gasteiger charge is 2.13. The number of halogens is 1. The number of thiophene rings is 1. The molecule has 0 atom stereocenters. The first-order chi connectivity index (χ1) is 10.1. The molecule has 5 heteroatoms. The molecule has 0 unspecified atom stereocenters. The Morgan fingerprint density at radius 1 is 1.38 bits per heavy atom. The Hall–Kier alpha value is -1.65. The van der Waals surface area contributed by atoms with Gasteiger partial charge in [0.1, 0.15) is 4.70 Å². The zero-order valence-electron chi connectivity index (χ0n) is 11.8. The third-order valence-electron chi connectivity index (χ3n) is 3.24. The van der Waals surface area contributed by atoms with E-state index in [0.717, 1.165) is 16.6 Å². The Labute approximate surface area is 131 Å². The van der Waals surface area contributed by atoms with Crippen LogP contribution >= 0.6 is 22.9 Å². The maximum Gasteiger partial charge on any atom is 0.271 e. The summed E-state index contributed by atoms with van der Waals surface area (Å²) in [5.74, 6) is 0.411. The van der Waals surface area contributed by atoms with Crippen molar-refractivity contribution in [3.05, 3.63) is 51.3 Å². The quantitative estimate of drug-likeness (QED) is 0.716. The lowest BCUT2D eigenvalue weighted by Crippen LogP contribution is -2.22. The van der Waals surface area contributed by atoms with E-state index < -0.39 is 0 Å². The molecule has 0 amide bonds. The summed E-state index contributed by atoms with van der Waals surface area (Å²) in [5, 5.41) is 2.66. The Morgan fingerprint density at radius 3 is 2.90 bits per heavy atom. The second-order valence-corrected chi connectivity index (χ2v) is 6.75. The lowest BCUT2D eigenvalue weighted by Gasteiger charge is -2.08. The fraction of sp³-hybridized carbons (Fsp3) is 0.250. The van der Waals surface area contributed by atoms with E-state index in [4.69, 9.17) is 11.6 Å². The molecule has 0 aliphatic heterocycles. The normalized spacial score (nSPS) is 11.4. The number of hydrogen-bond donors (Lipinski definition) is 0. The number of hydrogen-bond acceptors (Lipinski definition) is 3. The fourth-order valence-electron chi connectivity index (χ4n) is 2.33. The molecule has 0 saturated carbocycles. The lowest BCUT2D eigenvalue weighted by atomic mass is 10.1. The molecule has 3 rings (SSSR count). The molecular weight excluding hydrogens is 304 g/mol. The number of benzene rings is 1. The largest absolute Gasteiger partial charge is 0.298 e.